The number of fused-ring (bicyclic) bond motifs is 1. The third kappa shape index (κ3) is 4.12. The average molecular weight is 350 g/mol. The van der Waals surface area contributed by atoms with Crippen molar-refractivity contribution in [3.05, 3.63) is 70.6 Å². The van der Waals surface area contributed by atoms with E-state index in [2.05, 4.69) is 0 Å². The first-order chi connectivity index (χ1) is 11.9. The second kappa shape index (κ2) is 6.88. The lowest BCUT2D eigenvalue weighted by Crippen LogP contribution is -2.11. The van der Waals surface area contributed by atoms with E-state index in [0.29, 0.717) is 11.8 Å². The number of ether oxygens (including phenoxy) is 2. The van der Waals surface area contributed by atoms with Gasteiger partial charge in [-0.15, -0.1) is 0 Å². The second-order valence-corrected chi connectivity index (χ2v) is 5.14. The van der Waals surface area contributed by atoms with Crippen molar-refractivity contribution in [3.8, 4) is 11.5 Å². The highest BCUT2D eigenvalue weighted by Gasteiger charge is 2.33. The Morgan fingerprint density at radius 1 is 0.880 bits per heavy atom. The van der Waals surface area contributed by atoms with Gasteiger partial charge in [0.15, 0.2) is 0 Å². The van der Waals surface area contributed by atoms with E-state index in [4.69, 9.17) is 13.9 Å². The van der Waals surface area contributed by atoms with E-state index < -0.39 is 17.4 Å². The minimum Gasteiger partial charge on any atom is -0.490 e. The van der Waals surface area contributed by atoms with Crippen molar-refractivity contribution < 1.29 is 27.1 Å². The van der Waals surface area contributed by atoms with E-state index in [1.165, 1.54) is 18.2 Å². The van der Waals surface area contributed by atoms with Crippen molar-refractivity contribution in [2.75, 3.05) is 13.2 Å². The summed E-state index contributed by atoms with van der Waals surface area (Å²) in [4.78, 5) is 11.4. The topological polar surface area (TPSA) is 48.7 Å². The van der Waals surface area contributed by atoms with Crippen LogP contribution in [0.3, 0.4) is 0 Å². The van der Waals surface area contributed by atoms with Crippen LogP contribution in [0.25, 0.3) is 11.0 Å². The summed E-state index contributed by atoms with van der Waals surface area (Å²) < 4.78 is 54.7. The zero-order chi connectivity index (χ0) is 17.9. The molecule has 4 nitrogen and oxygen atoms in total. The summed E-state index contributed by atoms with van der Waals surface area (Å²) in [6.07, 6.45) is -4.64. The predicted molar refractivity (Wildman–Crippen MR) is 84.9 cm³/mol. The molecule has 0 saturated heterocycles. The monoisotopic (exact) mass is 350 g/mol. The first-order valence-electron chi connectivity index (χ1n) is 7.39. The van der Waals surface area contributed by atoms with Gasteiger partial charge in [-0.2, -0.15) is 13.2 Å². The molecular weight excluding hydrogens is 337 g/mol. The zero-order valence-electron chi connectivity index (χ0n) is 12.9. The number of halogens is 3. The normalized spacial score (nSPS) is 11.5. The van der Waals surface area contributed by atoms with Gasteiger partial charge in [0.05, 0.1) is 5.56 Å². The molecule has 0 N–H and O–H groups in total. The van der Waals surface area contributed by atoms with E-state index in [1.807, 2.05) is 18.2 Å². The lowest BCUT2D eigenvalue weighted by atomic mass is 10.1. The Morgan fingerprint density at radius 2 is 1.56 bits per heavy atom. The third-order valence-corrected chi connectivity index (χ3v) is 3.39. The van der Waals surface area contributed by atoms with Gasteiger partial charge >= 0.3 is 11.8 Å². The van der Waals surface area contributed by atoms with Crippen molar-refractivity contribution in [2.24, 2.45) is 0 Å². The molecule has 0 aliphatic heterocycles. The molecule has 3 aromatic rings. The van der Waals surface area contributed by atoms with Crippen molar-refractivity contribution in [2.45, 2.75) is 6.18 Å². The largest absolute Gasteiger partial charge is 0.490 e. The Hall–Kier alpha value is -2.96. The van der Waals surface area contributed by atoms with E-state index in [1.54, 1.807) is 12.1 Å². The van der Waals surface area contributed by atoms with Crippen LogP contribution in [0.15, 0.2) is 63.8 Å². The first-order valence-corrected chi connectivity index (χ1v) is 7.39. The summed E-state index contributed by atoms with van der Waals surface area (Å²) in [7, 11) is 0. The molecule has 130 valence electrons. The highest BCUT2D eigenvalue weighted by Crippen LogP contribution is 2.34. The first kappa shape index (κ1) is 16.9. The average Bonchev–Trinajstić information content (AvgIpc) is 2.58. The number of alkyl halides is 3. The van der Waals surface area contributed by atoms with E-state index in [0.717, 1.165) is 0 Å². The Balaban J connectivity index is 1.72. The van der Waals surface area contributed by atoms with Crippen molar-refractivity contribution >= 4 is 11.0 Å². The Morgan fingerprint density at radius 3 is 2.24 bits per heavy atom. The maximum absolute atomic E-state index is 13.0. The quantitative estimate of drug-likeness (QED) is 0.509. The second-order valence-electron chi connectivity index (χ2n) is 5.14. The van der Waals surface area contributed by atoms with Crippen molar-refractivity contribution in [1.29, 1.82) is 0 Å². The number of hydrogen-bond donors (Lipinski definition) is 0. The Kier molecular flexibility index (Phi) is 4.65. The molecule has 1 aromatic heterocycles. The highest BCUT2D eigenvalue weighted by atomic mass is 19.4. The van der Waals surface area contributed by atoms with Gasteiger partial charge in [0.25, 0.3) is 0 Å². The van der Waals surface area contributed by atoms with Gasteiger partial charge in [0, 0.05) is 17.5 Å². The fourth-order valence-electron chi connectivity index (χ4n) is 2.30. The summed E-state index contributed by atoms with van der Waals surface area (Å²) >= 11 is 0. The molecule has 0 saturated carbocycles. The molecule has 0 radical (unpaired) electrons. The van der Waals surface area contributed by atoms with Crippen LogP contribution in [-0.4, -0.2) is 13.2 Å². The highest BCUT2D eigenvalue weighted by molar-refractivity contribution is 5.82. The molecule has 0 spiro atoms. The molecule has 0 aliphatic rings. The smallest absolute Gasteiger partial charge is 0.417 e. The summed E-state index contributed by atoms with van der Waals surface area (Å²) in [5.74, 6) is 0.970. The van der Waals surface area contributed by atoms with Crippen LogP contribution in [0.1, 0.15) is 5.56 Å². The molecule has 1 heterocycles. The molecule has 25 heavy (non-hydrogen) atoms. The molecule has 0 aliphatic carbocycles. The van der Waals surface area contributed by atoms with Crippen molar-refractivity contribution in [3.63, 3.8) is 0 Å². The third-order valence-electron chi connectivity index (χ3n) is 3.39. The van der Waals surface area contributed by atoms with Gasteiger partial charge in [0.1, 0.15) is 30.3 Å². The van der Waals surface area contributed by atoms with Gasteiger partial charge in [-0.1, -0.05) is 18.2 Å². The van der Waals surface area contributed by atoms with Crippen LogP contribution in [0.4, 0.5) is 13.2 Å². The molecule has 0 bridgehead atoms. The van der Waals surface area contributed by atoms with Gasteiger partial charge in [-0.25, -0.2) is 4.79 Å². The van der Waals surface area contributed by atoms with Gasteiger partial charge in [0.2, 0.25) is 0 Å². The molecule has 2 aromatic carbocycles. The Labute approximate surface area is 140 Å². The van der Waals surface area contributed by atoms with Gasteiger partial charge in [-0.05, 0) is 24.3 Å². The molecule has 0 atom stereocenters. The standard InChI is InChI=1S/C18H13F3O4/c19-18(20,21)15-11-17(22)25-16-10-13(6-7-14(15)16)24-9-8-23-12-4-2-1-3-5-12/h1-7,10-11H,8-9H2. The maximum atomic E-state index is 13.0. The number of hydrogen-bond acceptors (Lipinski definition) is 4. The van der Waals surface area contributed by atoms with Crippen LogP contribution in [0, 0.1) is 0 Å². The molecule has 0 unspecified atom stereocenters. The van der Waals surface area contributed by atoms with Crippen LogP contribution in [0.2, 0.25) is 0 Å². The van der Waals surface area contributed by atoms with Gasteiger partial charge < -0.3 is 13.9 Å². The number of benzene rings is 2. The predicted octanol–water partition coefficient (Wildman–Crippen LogP) is 4.27. The van der Waals surface area contributed by atoms with Gasteiger partial charge in [-0.3, -0.25) is 0 Å². The number of para-hydroxylation sites is 1. The van der Waals surface area contributed by atoms with E-state index in [9.17, 15) is 18.0 Å². The summed E-state index contributed by atoms with van der Waals surface area (Å²) in [6.45, 7) is 0.443. The number of rotatable bonds is 5. The van der Waals surface area contributed by atoms with Crippen molar-refractivity contribution in [1.82, 2.24) is 0 Å². The minimum atomic E-state index is -4.64. The fraction of sp³-hybridized carbons (Fsp3) is 0.167. The molecule has 3 rings (SSSR count). The van der Waals surface area contributed by atoms with Crippen LogP contribution in [0.5, 0.6) is 11.5 Å². The molecule has 0 amide bonds. The minimum absolute atomic E-state index is 0.179. The van der Waals surface area contributed by atoms with Crippen LogP contribution < -0.4 is 15.1 Å². The zero-order valence-corrected chi connectivity index (χ0v) is 12.9. The summed E-state index contributed by atoms with van der Waals surface area (Å²) in [6, 6.07) is 13.4. The summed E-state index contributed by atoms with van der Waals surface area (Å²) in [5, 5.41) is -0.194. The SMILES string of the molecule is O=c1cc(C(F)(F)F)c2ccc(OCCOc3ccccc3)cc2o1. The maximum Gasteiger partial charge on any atom is 0.417 e. The summed E-state index contributed by atoms with van der Waals surface area (Å²) in [5.41, 5.74) is -2.27. The van der Waals surface area contributed by atoms with E-state index in [-0.39, 0.29) is 29.9 Å². The fourth-order valence-corrected chi connectivity index (χ4v) is 2.30. The molecule has 0 fully saturated rings. The van der Waals surface area contributed by atoms with E-state index >= 15 is 0 Å². The lowest BCUT2D eigenvalue weighted by molar-refractivity contribution is -0.136. The Bertz CT molecular complexity index is 917. The van der Waals surface area contributed by atoms with Crippen LogP contribution in [-0.2, 0) is 6.18 Å². The molecular formula is C18H13F3O4. The van der Waals surface area contributed by atoms with Crippen LogP contribution >= 0.6 is 0 Å². The lowest BCUT2D eigenvalue weighted by Gasteiger charge is -2.11. The molecule has 7 heteroatoms.